The number of aryl methyl sites for hydroxylation is 1. The van der Waals surface area contributed by atoms with E-state index in [9.17, 15) is 18.3 Å². The fourth-order valence-corrected chi connectivity index (χ4v) is 2.25. The number of rotatable bonds is 4. The molecule has 3 N–H and O–H groups in total. The molecule has 2 unspecified atom stereocenters. The quantitative estimate of drug-likeness (QED) is 0.851. The number of aliphatic hydroxyl groups is 1. The van der Waals surface area contributed by atoms with Crippen LogP contribution in [0.3, 0.4) is 0 Å². The first kappa shape index (κ1) is 15.5. The predicted octanol–water partition coefficient (Wildman–Crippen LogP) is 3.19. The van der Waals surface area contributed by atoms with E-state index in [2.05, 4.69) is 0 Å². The second-order valence-corrected chi connectivity index (χ2v) is 4.96. The van der Waals surface area contributed by atoms with Gasteiger partial charge in [0, 0.05) is 18.0 Å². The maximum Gasteiger partial charge on any atom is 0.194 e. The van der Waals surface area contributed by atoms with Gasteiger partial charge in [0.1, 0.15) is 0 Å². The van der Waals surface area contributed by atoms with Gasteiger partial charge in [0.25, 0.3) is 0 Å². The first-order valence-electron chi connectivity index (χ1n) is 6.53. The number of nitrogens with two attached hydrogens (primary N) is 1. The lowest BCUT2D eigenvalue weighted by molar-refractivity contribution is 0.141. The molecule has 0 spiro atoms. The molecule has 0 saturated carbocycles. The molecule has 2 nitrogen and oxygen atoms in total. The molecular formula is C16H16F3NO. The molecule has 0 aliphatic rings. The van der Waals surface area contributed by atoms with Gasteiger partial charge in [-0.3, -0.25) is 0 Å². The van der Waals surface area contributed by atoms with Crippen molar-refractivity contribution in [1.29, 1.82) is 0 Å². The summed E-state index contributed by atoms with van der Waals surface area (Å²) in [5.74, 6) is -4.87. The van der Waals surface area contributed by atoms with Crippen LogP contribution in [-0.2, 0) is 0 Å². The molecule has 2 aromatic carbocycles. The summed E-state index contributed by atoms with van der Waals surface area (Å²) in [6, 6.07) is 9.05. The van der Waals surface area contributed by atoms with Crippen LogP contribution >= 0.6 is 0 Å². The third-order valence-corrected chi connectivity index (χ3v) is 3.52. The largest absolute Gasteiger partial charge is 0.388 e. The minimum absolute atomic E-state index is 0.0443. The van der Waals surface area contributed by atoms with Crippen LogP contribution in [0.15, 0.2) is 36.4 Å². The summed E-state index contributed by atoms with van der Waals surface area (Å²) in [6.45, 7) is 1.95. The Kier molecular flexibility index (Phi) is 4.65. The SMILES string of the molecule is Cc1ccc(C(CN)C(O)c2ccc(F)c(F)c2F)cc1. The lowest BCUT2D eigenvalue weighted by Crippen LogP contribution is -2.21. The minimum Gasteiger partial charge on any atom is -0.388 e. The van der Waals surface area contributed by atoms with Crippen LogP contribution in [0.1, 0.15) is 28.7 Å². The number of hydrogen-bond donors (Lipinski definition) is 2. The van der Waals surface area contributed by atoms with E-state index in [-0.39, 0.29) is 12.1 Å². The first-order valence-corrected chi connectivity index (χ1v) is 6.53. The van der Waals surface area contributed by atoms with Gasteiger partial charge in [-0.15, -0.1) is 0 Å². The zero-order chi connectivity index (χ0) is 15.6. The van der Waals surface area contributed by atoms with Crippen LogP contribution in [0.4, 0.5) is 13.2 Å². The second-order valence-electron chi connectivity index (χ2n) is 4.96. The average Bonchev–Trinajstić information content (AvgIpc) is 2.47. The Hall–Kier alpha value is -1.85. The Morgan fingerprint density at radius 3 is 2.19 bits per heavy atom. The number of benzene rings is 2. The van der Waals surface area contributed by atoms with E-state index in [0.29, 0.717) is 5.56 Å². The lowest BCUT2D eigenvalue weighted by atomic mass is 9.88. The molecule has 21 heavy (non-hydrogen) atoms. The zero-order valence-electron chi connectivity index (χ0n) is 11.5. The van der Waals surface area contributed by atoms with Crippen molar-refractivity contribution < 1.29 is 18.3 Å². The molecule has 0 amide bonds. The summed E-state index contributed by atoms with van der Waals surface area (Å²) >= 11 is 0. The minimum atomic E-state index is -1.59. The Morgan fingerprint density at radius 2 is 1.62 bits per heavy atom. The standard InChI is InChI=1S/C16H16F3NO/c1-9-2-4-10(5-3-9)12(8-20)16(21)11-6-7-13(17)15(19)14(11)18/h2-7,12,16,21H,8,20H2,1H3. The molecule has 2 rings (SSSR count). The van der Waals surface area contributed by atoms with Crippen molar-refractivity contribution in [2.24, 2.45) is 5.73 Å². The van der Waals surface area contributed by atoms with Crippen LogP contribution < -0.4 is 5.73 Å². The number of aliphatic hydroxyl groups excluding tert-OH is 1. The Morgan fingerprint density at radius 1 is 1.00 bits per heavy atom. The van der Waals surface area contributed by atoms with Gasteiger partial charge in [-0.25, -0.2) is 13.2 Å². The van der Waals surface area contributed by atoms with Gasteiger partial charge in [0.05, 0.1) is 6.10 Å². The van der Waals surface area contributed by atoms with Gasteiger partial charge in [-0.05, 0) is 18.6 Å². The Labute approximate surface area is 121 Å². The molecule has 0 saturated heterocycles. The Bertz CT molecular complexity index is 628. The van der Waals surface area contributed by atoms with Crippen molar-refractivity contribution in [2.45, 2.75) is 18.9 Å². The van der Waals surface area contributed by atoms with Crippen LogP contribution in [0, 0.1) is 24.4 Å². The third kappa shape index (κ3) is 3.09. The van der Waals surface area contributed by atoms with E-state index >= 15 is 0 Å². The van der Waals surface area contributed by atoms with E-state index in [1.54, 1.807) is 12.1 Å². The van der Waals surface area contributed by atoms with Crippen LogP contribution in [0.5, 0.6) is 0 Å². The van der Waals surface area contributed by atoms with Crippen molar-refractivity contribution in [2.75, 3.05) is 6.54 Å². The van der Waals surface area contributed by atoms with Crippen molar-refractivity contribution in [3.05, 3.63) is 70.5 Å². The van der Waals surface area contributed by atoms with Gasteiger partial charge in [0.2, 0.25) is 0 Å². The number of halogens is 3. The number of hydrogen-bond acceptors (Lipinski definition) is 2. The third-order valence-electron chi connectivity index (χ3n) is 3.52. The van der Waals surface area contributed by atoms with Crippen molar-refractivity contribution in [1.82, 2.24) is 0 Å². The van der Waals surface area contributed by atoms with E-state index in [0.717, 1.165) is 17.7 Å². The molecule has 0 radical (unpaired) electrons. The summed E-state index contributed by atoms with van der Waals surface area (Å²) in [6.07, 6.45) is -1.35. The fraction of sp³-hybridized carbons (Fsp3) is 0.250. The van der Waals surface area contributed by atoms with Gasteiger partial charge >= 0.3 is 0 Å². The molecule has 0 bridgehead atoms. The molecule has 5 heteroatoms. The molecule has 2 aromatic rings. The lowest BCUT2D eigenvalue weighted by Gasteiger charge is -2.23. The maximum absolute atomic E-state index is 13.8. The molecule has 0 fully saturated rings. The first-order chi connectivity index (χ1) is 9.95. The van der Waals surface area contributed by atoms with E-state index in [4.69, 9.17) is 5.73 Å². The highest BCUT2D eigenvalue weighted by Gasteiger charge is 2.26. The monoisotopic (exact) mass is 295 g/mol. The van der Waals surface area contributed by atoms with Crippen LogP contribution in [0.2, 0.25) is 0 Å². The molecular weight excluding hydrogens is 279 g/mol. The summed E-state index contributed by atoms with van der Waals surface area (Å²) < 4.78 is 40.0. The van der Waals surface area contributed by atoms with Crippen molar-refractivity contribution in [3.8, 4) is 0 Å². The van der Waals surface area contributed by atoms with Crippen LogP contribution in [-0.4, -0.2) is 11.7 Å². The van der Waals surface area contributed by atoms with E-state index in [1.165, 1.54) is 0 Å². The van der Waals surface area contributed by atoms with Crippen molar-refractivity contribution >= 4 is 0 Å². The molecule has 0 aliphatic carbocycles. The summed E-state index contributed by atoms with van der Waals surface area (Å²) in [5.41, 5.74) is 7.09. The molecule has 0 aromatic heterocycles. The molecule has 0 aliphatic heterocycles. The van der Waals surface area contributed by atoms with Crippen molar-refractivity contribution in [3.63, 3.8) is 0 Å². The normalized spacial score (nSPS) is 14.0. The average molecular weight is 295 g/mol. The molecule has 2 atom stereocenters. The van der Waals surface area contributed by atoms with E-state index in [1.807, 2.05) is 19.1 Å². The predicted molar refractivity (Wildman–Crippen MR) is 74.3 cm³/mol. The summed E-state index contributed by atoms with van der Waals surface area (Å²) in [5, 5.41) is 10.3. The second kappa shape index (κ2) is 6.28. The highest BCUT2D eigenvalue weighted by atomic mass is 19.2. The summed E-state index contributed by atoms with van der Waals surface area (Å²) in [4.78, 5) is 0. The molecule has 0 heterocycles. The molecule has 112 valence electrons. The highest BCUT2D eigenvalue weighted by molar-refractivity contribution is 5.30. The Balaban J connectivity index is 2.39. The highest BCUT2D eigenvalue weighted by Crippen LogP contribution is 2.32. The van der Waals surface area contributed by atoms with Crippen LogP contribution in [0.25, 0.3) is 0 Å². The van der Waals surface area contributed by atoms with Gasteiger partial charge in [-0.1, -0.05) is 35.9 Å². The van der Waals surface area contributed by atoms with Gasteiger partial charge < -0.3 is 10.8 Å². The van der Waals surface area contributed by atoms with Gasteiger partial charge in [0.15, 0.2) is 17.5 Å². The van der Waals surface area contributed by atoms with Gasteiger partial charge in [-0.2, -0.15) is 0 Å². The fourth-order valence-electron chi connectivity index (χ4n) is 2.25. The topological polar surface area (TPSA) is 46.2 Å². The smallest absolute Gasteiger partial charge is 0.194 e. The van der Waals surface area contributed by atoms with E-state index < -0.39 is 29.5 Å². The maximum atomic E-state index is 13.8. The zero-order valence-corrected chi connectivity index (χ0v) is 11.5. The summed E-state index contributed by atoms with van der Waals surface area (Å²) in [7, 11) is 0.